The van der Waals surface area contributed by atoms with Crippen LogP contribution in [0.1, 0.15) is 75.3 Å². The van der Waals surface area contributed by atoms with Crippen molar-refractivity contribution in [3.63, 3.8) is 0 Å². The summed E-state index contributed by atoms with van der Waals surface area (Å²) in [6.07, 6.45) is 5.94. The van der Waals surface area contributed by atoms with E-state index >= 15 is 4.79 Å². The summed E-state index contributed by atoms with van der Waals surface area (Å²) < 4.78 is 23.9. The van der Waals surface area contributed by atoms with Crippen molar-refractivity contribution in [2.24, 2.45) is 11.3 Å². The second-order valence-corrected chi connectivity index (χ2v) is 21.9. The zero-order chi connectivity index (χ0) is 57.7. The number of benzene rings is 2. The molecular weight excluding hydrogens is 1040 g/mol. The number of anilines is 4. The fraction of sp³-hybridized carbons (Fsp3) is 0.600. The Morgan fingerprint density at radius 3 is 1.95 bits per heavy atom. The maximum Gasteiger partial charge on any atom is 0.344 e. The van der Waals surface area contributed by atoms with E-state index in [1.807, 2.05) is 50.1 Å². The predicted molar refractivity (Wildman–Crippen MR) is 290 cm³/mol. The molecule has 1 saturated carbocycles. The fourth-order valence-electron chi connectivity index (χ4n) is 14.8. The SMILES string of the molecule is CC[C@]1(O)C[C@@H]2C[N@@](CCc3c([nH]c4ccccc34)[C@@](C(=O)OC)(c3cc4c(cc3OC)N(C)[C@H]3[C@@](O)(C(=O)OC)[C@H](OC(C)=O)[C@]5(CC)C=CCN6CC[C@]43[C@@H]65)C2)C1.OCN(CO)c1nc(N(CO)CO)nc(N(CO)CO)n1. The van der Waals surface area contributed by atoms with Gasteiger partial charge in [0.15, 0.2) is 6.10 Å². The lowest BCUT2D eigenvalue weighted by molar-refractivity contribution is -0.228. The van der Waals surface area contributed by atoms with Gasteiger partial charge < -0.3 is 69.7 Å². The molecule has 436 valence electrons. The second-order valence-electron chi connectivity index (χ2n) is 21.9. The van der Waals surface area contributed by atoms with Crippen LogP contribution in [0.2, 0.25) is 0 Å². The van der Waals surface area contributed by atoms with E-state index in [-0.39, 0.29) is 29.8 Å². The molecule has 10 rings (SSSR count). The quantitative estimate of drug-likeness (QED) is 0.0308. The van der Waals surface area contributed by atoms with Crippen LogP contribution < -0.4 is 24.3 Å². The summed E-state index contributed by atoms with van der Waals surface area (Å²) in [7, 11) is 6.15. The van der Waals surface area contributed by atoms with Crippen LogP contribution in [0.15, 0.2) is 48.6 Å². The third-order valence-corrected chi connectivity index (χ3v) is 18.1. The molecular formula is C55H76N10O15. The predicted octanol–water partition coefficient (Wildman–Crippen LogP) is -0.0195. The lowest BCUT2D eigenvalue weighted by atomic mass is 9.47. The zero-order valence-corrected chi connectivity index (χ0v) is 46.4. The number of ether oxygens (including phenoxy) is 4. The Bertz CT molecular complexity index is 2900. The van der Waals surface area contributed by atoms with Crippen molar-refractivity contribution in [3.8, 4) is 5.75 Å². The van der Waals surface area contributed by atoms with Gasteiger partial charge in [0.05, 0.1) is 33.0 Å². The summed E-state index contributed by atoms with van der Waals surface area (Å²) in [6.45, 7) is 5.02. The molecule has 0 radical (unpaired) electrons. The van der Waals surface area contributed by atoms with Crippen LogP contribution in [0.25, 0.3) is 10.9 Å². The van der Waals surface area contributed by atoms with Gasteiger partial charge in [-0.05, 0) is 74.2 Å². The molecule has 2 aromatic carbocycles. The summed E-state index contributed by atoms with van der Waals surface area (Å²) in [5.74, 6) is -2.07. The van der Waals surface area contributed by atoms with E-state index in [1.54, 1.807) is 7.11 Å². The van der Waals surface area contributed by atoms with Gasteiger partial charge in [0.25, 0.3) is 0 Å². The minimum atomic E-state index is -2.30. The van der Waals surface area contributed by atoms with Gasteiger partial charge in [-0.15, -0.1) is 0 Å². The number of aliphatic hydroxyl groups is 8. The lowest BCUT2D eigenvalue weighted by Gasteiger charge is -2.63. The smallest absolute Gasteiger partial charge is 0.344 e. The van der Waals surface area contributed by atoms with Crippen LogP contribution in [0.3, 0.4) is 0 Å². The summed E-state index contributed by atoms with van der Waals surface area (Å²) >= 11 is 0. The largest absolute Gasteiger partial charge is 0.496 e. The summed E-state index contributed by atoms with van der Waals surface area (Å²) in [5.41, 5.74) is -1.62. The zero-order valence-electron chi connectivity index (χ0n) is 46.4. The average Bonchev–Trinajstić information content (AvgIpc) is 4.22. The third-order valence-electron chi connectivity index (χ3n) is 18.1. The topological polar surface area (TPSA) is 324 Å². The van der Waals surface area contributed by atoms with Crippen LogP contribution in [-0.4, -0.2) is 219 Å². The lowest BCUT2D eigenvalue weighted by Crippen LogP contribution is -2.81. The number of esters is 3. The summed E-state index contributed by atoms with van der Waals surface area (Å²) in [4.78, 5) is 67.6. The molecule has 9 N–H and O–H groups in total. The molecule has 5 aliphatic heterocycles. The van der Waals surface area contributed by atoms with Gasteiger partial charge >= 0.3 is 17.9 Å². The Hall–Kier alpha value is -6.26. The molecule has 10 atom stereocenters. The molecule has 7 heterocycles. The van der Waals surface area contributed by atoms with E-state index in [0.717, 1.165) is 48.1 Å². The van der Waals surface area contributed by atoms with Gasteiger partial charge in [-0.2, -0.15) is 15.0 Å². The Morgan fingerprint density at radius 2 is 1.40 bits per heavy atom. The third kappa shape index (κ3) is 9.00. The van der Waals surface area contributed by atoms with E-state index < -0.39 is 97.9 Å². The number of piperidine rings is 1. The number of methoxy groups -OCH3 is 3. The number of hydrogen-bond acceptors (Lipinski definition) is 24. The molecule has 25 nitrogen and oxygen atoms in total. The molecule has 0 amide bonds. The number of likely N-dealkylation sites (N-methyl/N-ethyl adjacent to an activating group) is 1. The van der Waals surface area contributed by atoms with E-state index in [1.165, 1.54) is 21.1 Å². The highest BCUT2D eigenvalue weighted by molar-refractivity contribution is 5.95. The second kappa shape index (κ2) is 22.6. The number of H-pyrrole nitrogens is 1. The first-order chi connectivity index (χ1) is 38.4. The molecule has 1 spiro atoms. The Labute approximate surface area is 463 Å². The summed E-state index contributed by atoms with van der Waals surface area (Å²) in [5, 5.41) is 81.0. The van der Waals surface area contributed by atoms with Crippen LogP contribution in [0.4, 0.5) is 23.5 Å². The molecule has 4 aromatic rings. The van der Waals surface area contributed by atoms with Crippen molar-refractivity contribution in [1.82, 2.24) is 29.7 Å². The first-order valence-corrected chi connectivity index (χ1v) is 27.0. The van der Waals surface area contributed by atoms with Gasteiger partial charge in [-0.1, -0.05) is 44.2 Å². The highest BCUT2D eigenvalue weighted by atomic mass is 16.6. The molecule has 25 heteroatoms. The van der Waals surface area contributed by atoms with Crippen LogP contribution >= 0.6 is 0 Å². The number of fused-ring (bicyclic) bond motifs is 6. The van der Waals surface area contributed by atoms with Gasteiger partial charge in [0.2, 0.25) is 23.4 Å². The monoisotopic (exact) mass is 1120 g/mol. The minimum Gasteiger partial charge on any atom is -0.496 e. The van der Waals surface area contributed by atoms with E-state index in [9.17, 15) is 19.8 Å². The molecule has 2 aromatic heterocycles. The number of nitrogens with one attached hydrogen (secondary N) is 1. The molecule has 6 aliphatic rings. The fourth-order valence-corrected chi connectivity index (χ4v) is 14.8. The van der Waals surface area contributed by atoms with E-state index in [4.69, 9.17) is 49.6 Å². The van der Waals surface area contributed by atoms with Gasteiger partial charge in [-0.3, -0.25) is 34.1 Å². The number of carbonyl (C=O) groups excluding carboxylic acids is 3. The number of hydrogen-bond donors (Lipinski definition) is 9. The van der Waals surface area contributed by atoms with E-state index in [0.29, 0.717) is 82.6 Å². The first kappa shape index (κ1) is 58.4. The van der Waals surface area contributed by atoms with Crippen molar-refractivity contribution in [3.05, 3.63) is 70.9 Å². The normalized spacial score (nSPS) is 30.0. The van der Waals surface area contributed by atoms with Gasteiger partial charge in [-0.25, -0.2) is 4.79 Å². The van der Waals surface area contributed by atoms with Crippen LogP contribution in [-0.2, 0) is 45.8 Å². The van der Waals surface area contributed by atoms with Crippen molar-refractivity contribution < 1.29 is 74.2 Å². The maximum absolute atomic E-state index is 15.3. The standard InChI is InChI=1S/C46H58N4O9.C9H18N6O6/c1-8-42(54)23-28-24-45(40(52)57-6,36-30(15-19-49(25-28)26-42)29-13-10-11-14-33(29)47-36)32-21-31-34(22-35(32)56-5)48(4)38-44(31)17-20-50-18-12-16-43(9-2,37(44)50)39(59-27(3)51)46(38,55)41(53)58-7;16-1-13(2-17)7-10-8(14(3-18)4-19)12-9(11-7)15(5-20)6-21/h10-14,16,21-22,28,37-39,47,54-55H,8-9,15,17-20,23-26H2,1-7H3;16-21H,1-6H2/t28-,37-,38+,39+,42-,43+,44+,45-,46-;/m0./s1. The molecule has 1 aliphatic carbocycles. The van der Waals surface area contributed by atoms with Crippen molar-refractivity contribution >= 4 is 52.3 Å². The van der Waals surface area contributed by atoms with Gasteiger partial charge in [0, 0.05) is 90.9 Å². The number of aliphatic hydroxyl groups excluding tert-OH is 6. The summed E-state index contributed by atoms with van der Waals surface area (Å²) in [6, 6.07) is 11.0. The van der Waals surface area contributed by atoms with E-state index in [2.05, 4.69) is 54.0 Å². The first-order valence-electron chi connectivity index (χ1n) is 27.0. The number of aromatic nitrogens is 4. The Balaban J connectivity index is 0.000000312. The molecule has 0 unspecified atom stereocenters. The van der Waals surface area contributed by atoms with Crippen molar-refractivity contribution in [2.45, 2.75) is 99.5 Å². The molecule has 3 fully saturated rings. The van der Waals surface area contributed by atoms with Gasteiger partial charge in [0.1, 0.15) is 51.5 Å². The number of rotatable bonds is 16. The number of nitrogens with zero attached hydrogens (tertiary/aromatic N) is 9. The van der Waals surface area contributed by atoms with Crippen molar-refractivity contribution in [2.75, 3.05) is 121 Å². The highest BCUT2D eigenvalue weighted by Crippen LogP contribution is 2.68. The number of para-hydroxylation sites is 1. The Morgan fingerprint density at radius 1 is 0.787 bits per heavy atom. The average molecular weight is 1120 g/mol. The number of carbonyl (C=O) groups is 3. The molecule has 2 saturated heterocycles. The number of aromatic amines is 1. The van der Waals surface area contributed by atoms with Crippen molar-refractivity contribution in [1.29, 1.82) is 0 Å². The highest BCUT2D eigenvalue weighted by Gasteiger charge is 2.80. The molecule has 2 bridgehead atoms. The van der Waals surface area contributed by atoms with Crippen LogP contribution in [0.5, 0.6) is 5.75 Å². The molecule has 80 heavy (non-hydrogen) atoms. The Kier molecular flexibility index (Phi) is 16.5. The maximum atomic E-state index is 15.3. The minimum absolute atomic E-state index is 0.0986. The van der Waals surface area contributed by atoms with Crippen LogP contribution in [0, 0.1) is 11.3 Å².